The van der Waals surface area contributed by atoms with Gasteiger partial charge in [-0.05, 0) is 75.2 Å². The van der Waals surface area contributed by atoms with E-state index in [1.807, 2.05) is 4.90 Å². The Morgan fingerprint density at radius 3 is 2.34 bits per heavy atom. The van der Waals surface area contributed by atoms with Crippen LogP contribution >= 0.6 is 0 Å². The van der Waals surface area contributed by atoms with Crippen molar-refractivity contribution in [1.29, 1.82) is 0 Å². The quantitative estimate of drug-likeness (QED) is 0.727. The van der Waals surface area contributed by atoms with E-state index in [9.17, 15) is 13.6 Å². The number of carbonyl (C=O) groups excluding carboxylic acids is 1. The van der Waals surface area contributed by atoms with Gasteiger partial charge >= 0.3 is 0 Å². The van der Waals surface area contributed by atoms with Crippen molar-refractivity contribution in [2.75, 3.05) is 26.2 Å². The number of carbonyl (C=O) groups is 1. The summed E-state index contributed by atoms with van der Waals surface area (Å²) in [7, 11) is 0. The highest BCUT2D eigenvalue weighted by molar-refractivity contribution is 5.94. The normalized spacial score (nSPS) is 19.7. The molecule has 2 aromatic rings. The van der Waals surface area contributed by atoms with Crippen LogP contribution in [0.15, 0.2) is 42.5 Å². The molecule has 0 N–H and O–H groups in total. The van der Waals surface area contributed by atoms with Crippen LogP contribution in [0.2, 0.25) is 0 Å². The standard InChI is InChI=1S/C23H26F2N2O2/c24-21-6-3-7-22(25)20(21)16-29-19-10-8-17(9-11-19)23(28)27-14-4-5-18(27)15-26-12-1-2-13-26/h3,6-11,18H,1-2,4-5,12-16H2. The molecule has 29 heavy (non-hydrogen) atoms. The molecule has 2 aliphatic rings. The number of likely N-dealkylation sites (tertiary alicyclic amines) is 2. The van der Waals surface area contributed by atoms with E-state index in [4.69, 9.17) is 4.74 Å². The summed E-state index contributed by atoms with van der Waals surface area (Å²) in [5.41, 5.74) is 0.511. The largest absolute Gasteiger partial charge is 0.489 e. The first kappa shape index (κ1) is 19.8. The lowest BCUT2D eigenvalue weighted by molar-refractivity contribution is 0.0708. The van der Waals surface area contributed by atoms with E-state index in [2.05, 4.69) is 4.90 Å². The zero-order valence-electron chi connectivity index (χ0n) is 16.4. The van der Waals surface area contributed by atoms with Crippen LogP contribution in [0.3, 0.4) is 0 Å². The Bertz CT molecular complexity index is 830. The van der Waals surface area contributed by atoms with Gasteiger partial charge in [-0.2, -0.15) is 0 Å². The second-order valence-electron chi connectivity index (χ2n) is 7.82. The van der Waals surface area contributed by atoms with Gasteiger partial charge in [0, 0.05) is 24.7 Å². The highest BCUT2D eigenvalue weighted by atomic mass is 19.1. The average Bonchev–Trinajstić information content (AvgIpc) is 3.40. The highest BCUT2D eigenvalue weighted by Crippen LogP contribution is 2.24. The molecule has 0 spiro atoms. The number of benzene rings is 2. The Balaban J connectivity index is 1.37. The molecule has 2 saturated heterocycles. The first-order valence-corrected chi connectivity index (χ1v) is 10.3. The van der Waals surface area contributed by atoms with Gasteiger partial charge in [-0.25, -0.2) is 8.78 Å². The summed E-state index contributed by atoms with van der Waals surface area (Å²) >= 11 is 0. The molecule has 1 unspecified atom stereocenters. The van der Waals surface area contributed by atoms with Crippen molar-refractivity contribution in [2.24, 2.45) is 0 Å². The SMILES string of the molecule is O=C(c1ccc(OCc2c(F)cccc2F)cc1)N1CCCC1CN1CCCC1. The number of hydrogen-bond acceptors (Lipinski definition) is 3. The molecule has 2 aromatic carbocycles. The van der Waals surface area contributed by atoms with Crippen LogP contribution in [-0.2, 0) is 6.61 Å². The fourth-order valence-corrected chi connectivity index (χ4v) is 4.24. The van der Waals surface area contributed by atoms with E-state index < -0.39 is 11.6 Å². The molecular formula is C23H26F2N2O2. The van der Waals surface area contributed by atoms with Gasteiger partial charge in [-0.3, -0.25) is 4.79 Å². The van der Waals surface area contributed by atoms with Gasteiger partial charge in [0.1, 0.15) is 24.0 Å². The number of hydrogen-bond donors (Lipinski definition) is 0. The first-order chi connectivity index (χ1) is 14.1. The number of nitrogens with zero attached hydrogens (tertiary/aromatic N) is 2. The van der Waals surface area contributed by atoms with Gasteiger partial charge in [0.05, 0.1) is 5.56 Å². The summed E-state index contributed by atoms with van der Waals surface area (Å²) in [6.07, 6.45) is 4.59. The fourth-order valence-electron chi connectivity index (χ4n) is 4.24. The highest BCUT2D eigenvalue weighted by Gasteiger charge is 2.31. The van der Waals surface area contributed by atoms with Crippen molar-refractivity contribution in [1.82, 2.24) is 9.80 Å². The summed E-state index contributed by atoms with van der Waals surface area (Å²) in [5, 5.41) is 0. The summed E-state index contributed by atoms with van der Waals surface area (Å²) in [6.45, 7) is 3.82. The zero-order chi connectivity index (χ0) is 20.2. The Kier molecular flexibility index (Phi) is 6.09. The van der Waals surface area contributed by atoms with E-state index >= 15 is 0 Å². The third kappa shape index (κ3) is 4.58. The topological polar surface area (TPSA) is 32.8 Å². The van der Waals surface area contributed by atoms with Gasteiger partial charge in [0.15, 0.2) is 0 Å². The van der Waals surface area contributed by atoms with Gasteiger partial charge in [-0.1, -0.05) is 6.07 Å². The van der Waals surface area contributed by atoms with Crippen LogP contribution in [0.1, 0.15) is 41.6 Å². The predicted molar refractivity (Wildman–Crippen MR) is 107 cm³/mol. The Morgan fingerprint density at radius 1 is 0.966 bits per heavy atom. The summed E-state index contributed by atoms with van der Waals surface area (Å²) < 4.78 is 32.9. The molecule has 1 amide bonds. The molecular weight excluding hydrogens is 374 g/mol. The van der Waals surface area contributed by atoms with Gasteiger partial charge in [-0.15, -0.1) is 0 Å². The minimum Gasteiger partial charge on any atom is -0.489 e. The van der Waals surface area contributed by atoms with Crippen molar-refractivity contribution in [2.45, 2.75) is 38.3 Å². The Hall–Kier alpha value is -2.47. The zero-order valence-corrected chi connectivity index (χ0v) is 16.4. The number of halogens is 2. The lowest BCUT2D eigenvalue weighted by Gasteiger charge is -2.28. The fraction of sp³-hybridized carbons (Fsp3) is 0.435. The molecule has 0 aliphatic carbocycles. The monoisotopic (exact) mass is 400 g/mol. The van der Waals surface area contributed by atoms with Gasteiger partial charge < -0.3 is 14.5 Å². The lowest BCUT2D eigenvalue weighted by Crippen LogP contribution is -2.42. The van der Waals surface area contributed by atoms with E-state index in [1.54, 1.807) is 24.3 Å². The number of rotatable bonds is 6. The molecule has 0 saturated carbocycles. The van der Waals surface area contributed by atoms with E-state index in [0.717, 1.165) is 39.0 Å². The third-order valence-corrected chi connectivity index (χ3v) is 5.85. The maximum absolute atomic E-state index is 13.7. The molecule has 2 fully saturated rings. The van der Waals surface area contributed by atoms with Crippen LogP contribution in [0.5, 0.6) is 5.75 Å². The minimum absolute atomic E-state index is 0.0402. The van der Waals surface area contributed by atoms with Crippen molar-refractivity contribution < 1.29 is 18.3 Å². The molecule has 154 valence electrons. The average molecular weight is 400 g/mol. The Labute approximate surface area is 170 Å². The molecule has 4 nitrogen and oxygen atoms in total. The molecule has 6 heteroatoms. The predicted octanol–water partition coefficient (Wildman–Crippen LogP) is 4.24. The summed E-state index contributed by atoms with van der Waals surface area (Å²) in [6, 6.07) is 10.8. The second-order valence-corrected chi connectivity index (χ2v) is 7.82. The summed E-state index contributed by atoms with van der Waals surface area (Å²) in [5.74, 6) is -0.748. The van der Waals surface area contributed by atoms with E-state index in [0.29, 0.717) is 11.3 Å². The van der Waals surface area contributed by atoms with Crippen LogP contribution in [0.4, 0.5) is 8.78 Å². The van der Waals surface area contributed by atoms with Crippen LogP contribution in [0.25, 0.3) is 0 Å². The molecule has 1 atom stereocenters. The van der Waals surface area contributed by atoms with Gasteiger partial charge in [0.2, 0.25) is 0 Å². The molecule has 0 radical (unpaired) electrons. The van der Waals surface area contributed by atoms with Crippen molar-refractivity contribution in [3.8, 4) is 5.75 Å². The van der Waals surface area contributed by atoms with Crippen molar-refractivity contribution >= 4 is 5.91 Å². The molecule has 0 bridgehead atoms. The van der Waals surface area contributed by atoms with Crippen LogP contribution in [0, 0.1) is 11.6 Å². The smallest absolute Gasteiger partial charge is 0.254 e. The van der Waals surface area contributed by atoms with Crippen LogP contribution < -0.4 is 4.74 Å². The number of amides is 1. The van der Waals surface area contributed by atoms with Crippen molar-refractivity contribution in [3.63, 3.8) is 0 Å². The number of ether oxygens (including phenoxy) is 1. The Morgan fingerprint density at radius 2 is 1.66 bits per heavy atom. The van der Waals surface area contributed by atoms with E-state index in [1.165, 1.54) is 31.0 Å². The van der Waals surface area contributed by atoms with Gasteiger partial charge in [0.25, 0.3) is 5.91 Å². The maximum Gasteiger partial charge on any atom is 0.254 e. The maximum atomic E-state index is 13.7. The molecule has 0 aromatic heterocycles. The van der Waals surface area contributed by atoms with Crippen LogP contribution in [-0.4, -0.2) is 47.9 Å². The third-order valence-electron chi connectivity index (χ3n) is 5.85. The molecule has 4 rings (SSSR count). The first-order valence-electron chi connectivity index (χ1n) is 10.3. The molecule has 2 heterocycles. The summed E-state index contributed by atoms with van der Waals surface area (Å²) in [4.78, 5) is 17.4. The lowest BCUT2D eigenvalue weighted by atomic mass is 10.1. The van der Waals surface area contributed by atoms with Crippen molar-refractivity contribution in [3.05, 3.63) is 65.2 Å². The molecule has 2 aliphatic heterocycles. The van der Waals surface area contributed by atoms with E-state index in [-0.39, 0.29) is 24.1 Å². The minimum atomic E-state index is -0.630. The second kappa shape index (κ2) is 8.91.